The minimum Gasteiger partial charge on any atom is -0.462 e. The van der Waals surface area contributed by atoms with Crippen molar-refractivity contribution in [3.05, 3.63) is 24.3 Å². The molecule has 66 heavy (non-hydrogen) atoms. The van der Waals surface area contributed by atoms with Gasteiger partial charge in [0.25, 0.3) is 0 Å². The van der Waals surface area contributed by atoms with Crippen molar-refractivity contribution in [2.45, 2.75) is 329 Å². The third-order valence-electron chi connectivity index (χ3n) is 13.2. The van der Waals surface area contributed by atoms with Gasteiger partial charge in [0.2, 0.25) is 0 Å². The molecule has 0 aromatic carbocycles. The van der Waals surface area contributed by atoms with Crippen LogP contribution in [-0.2, 0) is 28.6 Å². The van der Waals surface area contributed by atoms with Crippen molar-refractivity contribution in [2.75, 3.05) is 13.2 Å². The van der Waals surface area contributed by atoms with Crippen LogP contribution in [0, 0.1) is 0 Å². The highest BCUT2D eigenvalue weighted by Gasteiger charge is 2.19. The molecule has 388 valence electrons. The van der Waals surface area contributed by atoms with Crippen LogP contribution in [0.4, 0.5) is 0 Å². The van der Waals surface area contributed by atoms with E-state index in [0.717, 1.165) is 83.5 Å². The second-order valence-electron chi connectivity index (χ2n) is 19.9. The zero-order chi connectivity index (χ0) is 47.9. The summed E-state index contributed by atoms with van der Waals surface area (Å²) in [5.74, 6) is -0.869. The lowest BCUT2D eigenvalue weighted by molar-refractivity contribution is -0.167. The first-order valence-electron chi connectivity index (χ1n) is 29.3. The van der Waals surface area contributed by atoms with Crippen molar-refractivity contribution < 1.29 is 28.6 Å². The van der Waals surface area contributed by atoms with E-state index in [1.54, 1.807) is 0 Å². The molecule has 0 aliphatic carbocycles. The number of unbranched alkanes of at least 4 members (excludes halogenated alkanes) is 39. The lowest BCUT2D eigenvalue weighted by atomic mass is 10.0. The van der Waals surface area contributed by atoms with E-state index in [4.69, 9.17) is 14.2 Å². The fourth-order valence-corrected chi connectivity index (χ4v) is 8.76. The van der Waals surface area contributed by atoms with Crippen LogP contribution in [0.15, 0.2) is 24.3 Å². The number of carbonyl (C=O) groups is 3. The molecule has 0 aliphatic rings. The van der Waals surface area contributed by atoms with Crippen molar-refractivity contribution in [1.82, 2.24) is 0 Å². The topological polar surface area (TPSA) is 78.9 Å². The van der Waals surface area contributed by atoms with E-state index in [0.29, 0.717) is 19.3 Å². The van der Waals surface area contributed by atoms with Gasteiger partial charge in [0.15, 0.2) is 6.10 Å². The van der Waals surface area contributed by atoms with Gasteiger partial charge in [-0.1, -0.05) is 283 Å². The number of allylic oxidation sites excluding steroid dienone is 4. The molecule has 6 nitrogen and oxygen atoms in total. The summed E-state index contributed by atoms with van der Waals surface area (Å²) in [4.78, 5) is 38.0. The molecule has 0 amide bonds. The maximum Gasteiger partial charge on any atom is 0.306 e. The summed E-state index contributed by atoms with van der Waals surface area (Å²) in [7, 11) is 0. The molecule has 0 bridgehead atoms. The zero-order valence-corrected chi connectivity index (χ0v) is 44.5. The Morgan fingerprint density at radius 1 is 0.303 bits per heavy atom. The molecule has 0 aliphatic heterocycles. The lowest BCUT2D eigenvalue weighted by Gasteiger charge is -2.18. The summed E-state index contributed by atoms with van der Waals surface area (Å²) in [5, 5.41) is 0. The van der Waals surface area contributed by atoms with Crippen molar-refractivity contribution >= 4 is 17.9 Å². The molecule has 0 saturated carbocycles. The molecule has 0 aromatic rings. The van der Waals surface area contributed by atoms with E-state index in [2.05, 4.69) is 45.1 Å². The Morgan fingerprint density at radius 2 is 0.561 bits per heavy atom. The Hall–Kier alpha value is -2.11. The second-order valence-corrected chi connectivity index (χ2v) is 19.9. The predicted molar refractivity (Wildman–Crippen MR) is 284 cm³/mol. The summed E-state index contributed by atoms with van der Waals surface area (Å²) in [6, 6.07) is 0. The van der Waals surface area contributed by atoms with Gasteiger partial charge in [0, 0.05) is 19.3 Å². The second kappa shape index (κ2) is 55.5. The Kier molecular flexibility index (Phi) is 53.7. The SMILES string of the molecule is CCCC/C=C\C/C=C\CCCCCCCC(=O)OC(COC(=O)CCCCCCCCCCCC)COC(=O)CCCCCCCCCCCCCCCCCCCCCCCCCC. The van der Waals surface area contributed by atoms with Crippen LogP contribution in [0.25, 0.3) is 0 Å². The van der Waals surface area contributed by atoms with Crippen molar-refractivity contribution in [3.8, 4) is 0 Å². The third-order valence-corrected chi connectivity index (χ3v) is 13.2. The molecular weight excluding hydrogens is 817 g/mol. The van der Waals surface area contributed by atoms with E-state index in [9.17, 15) is 14.4 Å². The monoisotopic (exact) mass is 929 g/mol. The van der Waals surface area contributed by atoms with Crippen LogP contribution in [0.3, 0.4) is 0 Å². The standard InChI is InChI=1S/C60H112O6/c1-4-7-10-13-16-19-22-24-26-27-28-29-30-31-32-33-34-35-37-38-41-44-47-50-53-59(62)65-56-57(55-64-58(61)52-49-46-43-40-21-18-15-12-9-6-3)66-60(63)54-51-48-45-42-39-36-25-23-20-17-14-11-8-5-2/h14,17,23,25,57H,4-13,15-16,18-22,24,26-56H2,1-3H3/b17-14-,25-23-. The number of esters is 3. The maximum atomic E-state index is 12.8. The molecule has 0 saturated heterocycles. The van der Waals surface area contributed by atoms with Crippen LogP contribution in [0.1, 0.15) is 323 Å². The van der Waals surface area contributed by atoms with Gasteiger partial charge < -0.3 is 14.2 Å². The first-order chi connectivity index (χ1) is 32.5. The molecule has 6 heteroatoms. The van der Waals surface area contributed by atoms with Gasteiger partial charge in [-0.05, 0) is 44.9 Å². The minimum atomic E-state index is -0.773. The van der Waals surface area contributed by atoms with Gasteiger partial charge in [0.05, 0.1) is 0 Å². The van der Waals surface area contributed by atoms with Gasteiger partial charge in [0.1, 0.15) is 13.2 Å². The molecular formula is C60H112O6. The molecule has 1 atom stereocenters. The molecule has 1 unspecified atom stereocenters. The number of hydrogen-bond donors (Lipinski definition) is 0. The normalized spacial score (nSPS) is 12.1. The third kappa shape index (κ3) is 52.9. The van der Waals surface area contributed by atoms with E-state index in [1.807, 2.05) is 0 Å². The minimum absolute atomic E-state index is 0.0719. The van der Waals surface area contributed by atoms with E-state index >= 15 is 0 Å². The number of carbonyl (C=O) groups excluding carboxylic acids is 3. The molecule has 0 heterocycles. The van der Waals surface area contributed by atoms with Crippen LogP contribution in [0.5, 0.6) is 0 Å². The van der Waals surface area contributed by atoms with Gasteiger partial charge in [-0.25, -0.2) is 0 Å². The summed E-state index contributed by atoms with van der Waals surface area (Å²) >= 11 is 0. The number of ether oxygens (including phenoxy) is 3. The van der Waals surface area contributed by atoms with Crippen molar-refractivity contribution in [1.29, 1.82) is 0 Å². The van der Waals surface area contributed by atoms with Gasteiger partial charge in [-0.15, -0.1) is 0 Å². The van der Waals surface area contributed by atoms with E-state index in [1.165, 1.54) is 199 Å². The first-order valence-corrected chi connectivity index (χ1v) is 29.3. The predicted octanol–water partition coefficient (Wildman–Crippen LogP) is 19.5. The molecule has 0 radical (unpaired) electrons. The van der Waals surface area contributed by atoms with E-state index in [-0.39, 0.29) is 31.1 Å². The highest BCUT2D eigenvalue weighted by atomic mass is 16.6. The number of hydrogen-bond acceptors (Lipinski definition) is 6. The van der Waals surface area contributed by atoms with Crippen LogP contribution >= 0.6 is 0 Å². The Bertz CT molecular complexity index is 1070. The van der Waals surface area contributed by atoms with Crippen LogP contribution in [-0.4, -0.2) is 37.2 Å². The molecule has 0 fully saturated rings. The van der Waals surface area contributed by atoms with Gasteiger partial charge in [-0.3, -0.25) is 14.4 Å². The molecule has 0 rings (SSSR count). The highest BCUT2D eigenvalue weighted by Crippen LogP contribution is 2.17. The quantitative estimate of drug-likeness (QED) is 0.0262. The molecule has 0 spiro atoms. The summed E-state index contributed by atoms with van der Waals surface area (Å²) in [6.07, 6.45) is 64.7. The Labute approximate surface area is 411 Å². The van der Waals surface area contributed by atoms with Crippen LogP contribution < -0.4 is 0 Å². The fourth-order valence-electron chi connectivity index (χ4n) is 8.76. The highest BCUT2D eigenvalue weighted by molar-refractivity contribution is 5.71. The smallest absolute Gasteiger partial charge is 0.306 e. The average molecular weight is 930 g/mol. The van der Waals surface area contributed by atoms with Gasteiger partial charge >= 0.3 is 17.9 Å². The zero-order valence-electron chi connectivity index (χ0n) is 44.5. The maximum absolute atomic E-state index is 12.8. The largest absolute Gasteiger partial charge is 0.462 e. The van der Waals surface area contributed by atoms with Crippen LogP contribution in [0.2, 0.25) is 0 Å². The molecule has 0 N–H and O–H groups in total. The summed E-state index contributed by atoms with van der Waals surface area (Å²) in [5.41, 5.74) is 0. The summed E-state index contributed by atoms with van der Waals surface area (Å²) in [6.45, 7) is 6.62. The Balaban J connectivity index is 4.17. The first kappa shape index (κ1) is 63.9. The van der Waals surface area contributed by atoms with Gasteiger partial charge in [-0.2, -0.15) is 0 Å². The van der Waals surface area contributed by atoms with Crippen molar-refractivity contribution in [2.24, 2.45) is 0 Å². The van der Waals surface area contributed by atoms with E-state index < -0.39 is 6.10 Å². The number of rotatable bonds is 54. The molecule has 0 aromatic heterocycles. The van der Waals surface area contributed by atoms with Crippen molar-refractivity contribution in [3.63, 3.8) is 0 Å². The average Bonchev–Trinajstić information content (AvgIpc) is 3.31. The Morgan fingerprint density at radius 3 is 0.879 bits per heavy atom. The fraction of sp³-hybridized carbons (Fsp3) is 0.883. The summed E-state index contributed by atoms with van der Waals surface area (Å²) < 4.78 is 16.8. The lowest BCUT2D eigenvalue weighted by Crippen LogP contribution is -2.30.